The van der Waals surface area contributed by atoms with Crippen molar-refractivity contribution in [3.63, 3.8) is 0 Å². The molecule has 1 atom stereocenters. The lowest BCUT2D eigenvalue weighted by atomic mass is 10.2. The standard InChI is InChI=1S/C6H7N5OS/c1-11-4(3-2-13-10-9-3)5(7)8-6(11)12/h2,4H,1H3,(H2,7,8,12). The third-order valence-electron chi connectivity index (χ3n) is 1.85. The second kappa shape index (κ2) is 2.77. The number of urea groups is 1. The Morgan fingerprint density at radius 2 is 2.46 bits per heavy atom. The van der Waals surface area contributed by atoms with E-state index in [1.807, 2.05) is 0 Å². The van der Waals surface area contributed by atoms with Gasteiger partial charge in [0.05, 0.1) is 0 Å². The summed E-state index contributed by atoms with van der Waals surface area (Å²) in [6.07, 6.45) is 0. The van der Waals surface area contributed by atoms with Gasteiger partial charge in [0.1, 0.15) is 17.6 Å². The maximum atomic E-state index is 11.1. The summed E-state index contributed by atoms with van der Waals surface area (Å²) in [5.41, 5.74) is 6.24. The molecule has 2 N–H and O–H groups in total. The van der Waals surface area contributed by atoms with E-state index < -0.39 is 0 Å². The quantitative estimate of drug-likeness (QED) is 0.686. The zero-order chi connectivity index (χ0) is 9.42. The second-order valence-corrected chi connectivity index (χ2v) is 3.27. The molecule has 1 unspecified atom stereocenters. The maximum Gasteiger partial charge on any atom is 0.345 e. The van der Waals surface area contributed by atoms with E-state index in [1.54, 1.807) is 12.4 Å². The number of nitrogens with two attached hydrogens (primary N) is 1. The molecule has 1 aliphatic heterocycles. The van der Waals surface area contributed by atoms with Crippen LogP contribution in [0.25, 0.3) is 0 Å². The third kappa shape index (κ3) is 1.17. The van der Waals surface area contributed by atoms with Gasteiger partial charge in [0.25, 0.3) is 0 Å². The Hall–Kier alpha value is -1.50. The number of aromatic nitrogens is 2. The number of hydrogen-bond donors (Lipinski definition) is 1. The van der Waals surface area contributed by atoms with Crippen molar-refractivity contribution in [1.82, 2.24) is 14.5 Å². The summed E-state index contributed by atoms with van der Waals surface area (Å²) in [6.45, 7) is 0. The molecule has 1 aromatic rings. The summed E-state index contributed by atoms with van der Waals surface area (Å²) in [5.74, 6) is 0.278. The first kappa shape index (κ1) is 8.11. The lowest BCUT2D eigenvalue weighted by Gasteiger charge is -2.16. The molecule has 2 rings (SSSR count). The third-order valence-corrected chi connectivity index (χ3v) is 2.37. The number of likely N-dealkylation sites (N-methyl/N-ethyl adjacent to an activating group) is 1. The van der Waals surface area contributed by atoms with Gasteiger partial charge in [-0.3, -0.25) is 0 Å². The van der Waals surface area contributed by atoms with Crippen LogP contribution >= 0.6 is 11.5 Å². The molecular formula is C6H7N5OS. The highest BCUT2D eigenvalue weighted by atomic mass is 32.1. The van der Waals surface area contributed by atoms with Gasteiger partial charge in [-0.1, -0.05) is 4.49 Å². The molecule has 0 saturated heterocycles. The molecule has 0 aliphatic carbocycles. The molecular weight excluding hydrogens is 190 g/mol. The number of amidine groups is 1. The summed E-state index contributed by atoms with van der Waals surface area (Å²) in [5, 5.41) is 5.60. The molecule has 7 heteroatoms. The zero-order valence-corrected chi connectivity index (χ0v) is 7.65. The van der Waals surface area contributed by atoms with Crippen LogP contribution < -0.4 is 5.73 Å². The van der Waals surface area contributed by atoms with Crippen LogP contribution in [0.1, 0.15) is 11.7 Å². The number of rotatable bonds is 1. The highest BCUT2D eigenvalue weighted by Crippen LogP contribution is 2.23. The number of amides is 2. The fourth-order valence-electron chi connectivity index (χ4n) is 1.20. The topological polar surface area (TPSA) is 84.5 Å². The smallest absolute Gasteiger partial charge is 0.345 e. The lowest BCUT2D eigenvalue weighted by molar-refractivity contribution is 0.218. The first-order valence-electron chi connectivity index (χ1n) is 3.58. The van der Waals surface area contributed by atoms with Crippen molar-refractivity contribution in [3.8, 4) is 0 Å². The van der Waals surface area contributed by atoms with Crippen molar-refractivity contribution in [2.45, 2.75) is 6.04 Å². The second-order valence-electron chi connectivity index (χ2n) is 2.66. The van der Waals surface area contributed by atoms with Crippen LogP contribution in [0.15, 0.2) is 10.4 Å². The summed E-state index contributed by atoms with van der Waals surface area (Å²) in [6, 6.07) is -0.679. The minimum absolute atomic E-state index is 0.278. The average Bonchev–Trinajstić information content (AvgIpc) is 2.63. The molecule has 1 aromatic heterocycles. The van der Waals surface area contributed by atoms with E-state index in [0.29, 0.717) is 5.69 Å². The van der Waals surface area contributed by atoms with Gasteiger partial charge in [-0.2, -0.15) is 4.99 Å². The van der Waals surface area contributed by atoms with Gasteiger partial charge in [-0.05, 0) is 11.5 Å². The van der Waals surface area contributed by atoms with Gasteiger partial charge in [-0.25, -0.2) is 4.79 Å². The minimum atomic E-state index is -0.341. The molecule has 68 valence electrons. The van der Waals surface area contributed by atoms with Crippen LogP contribution in [0, 0.1) is 0 Å². The Morgan fingerprint density at radius 1 is 1.69 bits per heavy atom. The van der Waals surface area contributed by atoms with Gasteiger partial charge >= 0.3 is 6.03 Å². The summed E-state index contributed by atoms with van der Waals surface area (Å²) in [7, 11) is 1.63. The van der Waals surface area contributed by atoms with Crippen molar-refractivity contribution in [1.29, 1.82) is 0 Å². The number of nitrogens with zero attached hydrogens (tertiary/aromatic N) is 4. The lowest BCUT2D eigenvalue weighted by Crippen LogP contribution is -2.30. The van der Waals surface area contributed by atoms with Gasteiger partial charge in [0, 0.05) is 12.4 Å². The van der Waals surface area contributed by atoms with E-state index in [0.717, 1.165) is 0 Å². The predicted octanol–water partition coefficient (Wildman–Crippen LogP) is 0.00180. The van der Waals surface area contributed by atoms with Gasteiger partial charge in [-0.15, -0.1) is 5.10 Å². The number of hydrogen-bond acceptors (Lipinski definition) is 5. The fraction of sp³-hybridized carbons (Fsp3) is 0.333. The fourth-order valence-corrected chi connectivity index (χ4v) is 1.67. The first-order chi connectivity index (χ1) is 6.20. The minimum Gasteiger partial charge on any atom is -0.385 e. The van der Waals surface area contributed by atoms with E-state index in [1.165, 1.54) is 16.4 Å². The molecule has 0 fully saturated rings. The summed E-state index contributed by atoms with van der Waals surface area (Å²) < 4.78 is 3.70. The average molecular weight is 197 g/mol. The van der Waals surface area contributed by atoms with Crippen molar-refractivity contribution in [2.24, 2.45) is 10.7 Å². The SMILES string of the molecule is CN1C(=O)N=C(N)C1c1csnn1. The van der Waals surface area contributed by atoms with Crippen LogP contribution in [0.5, 0.6) is 0 Å². The largest absolute Gasteiger partial charge is 0.385 e. The normalized spacial score (nSPS) is 22.2. The highest BCUT2D eigenvalue weighted by Gasteiger charge is 2.33. The summed E-state index contributed by atoms with van der Waals surface area (Å²) in [4.78, 5) is 16.2. The molecule has 0 saturated carbocycles. The van der Waals surface area contributed by atoms with Crippen molar-refractivity contribution in [2.75, 3.05) is 7.05 Å². The predicted molar refractivity (Wildman–Crippen MR) is 47.4 cm³/mol. The van der Waals surface area contributed by atoms with Gasteiger partial charge in [0.2, 0.25) is 0 Å². The maximum absolute atomic E-state index is 11.1. The first-order valence-corrected chi connectivity index (χ1v) is 4.41. The Labute approximate surface area is 78.2 Å². The van der Waals surface area contributed by atoms with Crippen LogP contribution in [0.3, 0.4) is 0 Å². The number of aliphatic imine (C=N–C) groups is 1. The van der Waals surface area contributed by atoms with E-state index in [2.05, 4.69) is 14.6 Å². The van der Waals surface area contributed by atoms with Crippen molar-refractivity contribution < 1.29 is 4.79 Å². The molecule has 2 amide bonds. The molecule has 6 nitrogen and oxygen atoms in total. The molecule has 0 aromatic carbocycles. The number of carbonyl (C=O) groups is 1. The Morgan fingerprint density at radius 3 is 2.92 bits per heavy atom. The molecule has 2 heterocycles. The van der Waals surface area contributed by atoms with E-state index in [9.17, 15) is 4.79 Å². The Bertz CT molecular complexity index is 359. The molecule has 1 aliphatic rings. The Balaban J connectivity index is 2.36. The van der Waals surface area contributed by atoms with Crippen LogP contribution in [-0.4, -0.2) is 33.4 Å². The van der Waals surface area contributed by atoms with Crippen molar-refractivity contribution >= 4 is 23.4 Å². The van der Waals surface area contributed by atoms with Gasteiger partial charge < -0.3 is 10.6 Å². The molecule has 0 spiro atoms. The van der Waals surface area contributed by atoms with Crippen LogP contribution in [-0.2, 0) is 0 Å². The van der Waals surface area contributed by atoms with Crippen LogP contribution in [0.2, 0.25) is 0 Å². The van der Waals surface area contributed by atoms with E-state index in [4.69, 9.17) is 5.73 Å². The van der Waals surface area contributed by atoms with E-state index in [-0.39, 0.29) is 17.9 Å². The Kier molecular flexibility index (Phi) is 1.73. The molecule has 13 heavy (non-hydrogen) atoms. The number of carbonyl (C=O) groups excluding carboxylic acids is 1. The van der Waals surface area contributed by atoms with Crippen molar-refractivity contribution in [3.05, 3.63) is 11.1 Å². The van der Waals surface area contributed by atoms with Gasteiger partial charge in [0.15, 0.2) is 0 Å². The molecule has 0 bridgehead atoms. The monoisotopic (exact) mass is 197 g/mol. The highest BCUT2D eigenvalue weighted by molar-refractivity contribution is 7.03. The summed E-state index contributed by atoms with van der Waals surface area (Å²) >= 11 is 1.22. The zero-order valence-electron chi connectivity index (χ0n) is 6.84. The van der Waals surface area contributed by atoms with E-state index >= 15 is 0 Å². The molecule has 0 radical (unpaired) electrons. The van der Waals surface area contributed by atoms with Crippen LogP contribution in [0.4, 0.5) is 4.79 Å².